The molecule has 0 fully saturated rings. The molecule has 0 aliphatic heterocycles. The molecule has 4 aromatic carbocycles. The number of fused-ring (bicyclic) bond motifs is 3. The number of benzene rings is 4. The number of hydrogen-bond donors (Lipinski definition) is 0. The molecule has 0 atom stereocenters. The number of rotatable bonds is 3. The summed E-state index contributed by atoms with van der Waals surface area (Å²) in [6.07, 6.45) is 0. The zero-order chi connectivity index (χ0) is 24.3. The molecule has 0 N–H and O–H groups in total. The van der Waals surface area contributed by atoms with Gasteiger partial charge in [-0.05, 0) is 73.6 Å². The van der Waals surface area contributed by atoms with Gasteiger partial charge in [0.25, 0.3) is 0 Å². The molecule has 1 nitrogen and oxygen atoms in total. The van der Waals surface area contributed by atoms with Gasteiger partial charge in [0.2, 0.25) is 0 Å². The SMILES string of the molecule is Cc1cccc(-c2ccccc2)c1N(c1c(C)ccc2c1C(C)(C)c1ccccc1-2)C(C)(C)C. The quantitative estimate of drug-likeness (QED) is 0.304. The van der Waals surface area contributed by atoms with Crippen molar-refractivity contribution < 1.29 is 0 Å². The van der Waals surface area contributed by atoms with Crippen molar-refractivity contribution in [2.75, 3.05) is 4.90 Å². The van der Waals surface area contributed by atoms with Gasteiger partial charge in [-0.25, -0.2) is 0 Å². The van der Waals surface area contributed by atoms with Gasteiger partial charge in [-0.1, -0.05) is 98.8 Å². The van der Waals surface area contributed by atoms with E-state index in [1.54, 1.807) is 0 Å². The van der Waals surface area contributed by atoms with Crippen molar-refractivity contribution in [2.45, 2.75) is 59.4 Å². The molecule has 0 radical (unpaired) electrons. The Bertz CT molecular complexity index is 1370. The van der Waals surface area contributed by atoms with E-state index in [0.29, 0.717) is 0 Å². The highest BCUT2D eigenvalue weighted by Gasteiger charge is 2.41. The summed E-state index contributed by atoms with van der Waals surface area (Å²) in [5, 5.41) is 0. The van der Waals surface area contributed by atoms with Gasteiger partial charge in [0.15, 0.2) is 0 Å². The van der Waals surface area contributed by atoms with Crippen LogP contribution in [0.4, 0.5) is 11.4 Å². The van der Waals surface area contributed by atoms with Gasteiger partial charge in [-0.15, -0.1) is 0 Å². The van der Waals surface area contributed by atoms with E-state index in [4.69, 9.17) is 0 Å². The van der Waals surface area contributed by atoms with Crippen LogP contribution in [0.3, 0.4) is 0 Å². The predicted octanol–water partition coefficient (Wildman–Crippen LogP) is 9.21. The lowest BCUT2D eigenvalue weighted by atomic mass is 9.79. The average molecular weight is 446 g/mol. The minimum Gasteiger partial charge on any atom is -0.335 e. The second kappa shape index (κ2) is 7.87. The lowest BCUT2D eigenvalue weighted by molar-refractivity contribution is 0.551. The van der Waals surface area contributed by atoms with Crippen LogP contribution in [0.1, 0.15) is 56.9 Å². The van der Waals surface area contributed by atoms with Crippen molar-refractivity contribution in [1.29, 1.82) is 0 Å². The summed E-state index contributed by atoms with van der Waals surface area (Å²) < 4.78 is 0. The van der Waals surface area contributed by atoms with Crippen molar-refractivity contribution >= 4 is 11.4 Å². The summed E-state index contributed by atoms with van der Waals surface area (Å²) in [5.74, 6) is 0. The molecule has 1 aliphatic carbocycles. The van der Waals surface area contributed by atoms with Crippen LogP contribution in [0.5, 0.6) is 0 Å². The molecule has 0 spiro atoms. The predicted molar refractivity (Wildman–Crippen MR) is 147 cm³/mol. The van der Waals surface area contributed by atoms with Crippen LogP contribution >= 0.6 is 0 Å². The smallest absolute Gasteiger partial charge is 0.0525 e. The molecule has 0 heterocycles. The summed E-state index contributed by atoms with van der Waals surface area (Å²) in [7, 11) is 0. The van der Waals surface area contributed by atoms with E-state index in [2.05, 4.69) is 138 Å². The summed E-state index contributed by atoms with van der Waals surface area (Å²) in [5.41, 5.74) is 13.2. The fourth-order valence-electron chi connectivity index (χ4n) is 5.83. The Kier molecular flexibility index (Phi) is 5.20. The van der Waals surface area contributed by atoms with Gasteiger partial charge in [0.1, 0.15) is 0 Å². The Morgan fingerprint density at radius 2 is 1.21 bits per heavy atom. The molecule has 5 rings (SSSR count). The summed E-state index contributed by atoms with van der Waals surface area (Å²) in [6.45, 7) is 16.3. The van der Waals surface area contributed by atoms with E-state index >= 15 is 0 Å². The second-order valence-corrected chi connectivity index (χ2v) is 11.2. The van der Waals surface area contributed by atoms with Crippen molar-refractivity contribution in [3.05, 3.63) is 107 Å². The largest absolute Gasteiger partial charge is 0.335 e. The monoisotopic (exact) mass is 445 g/mol. The first kappa shape index (κ1) is 22.5. The van der Waals surface area contributed by atoms with Crippen LogP contribution < -0.4 is 4.90 Å². The third kappa shape index (κ3) is 3.38. The molecule has 0 unspecified atom stereocenters. The number of nitrogens with zero attached hydrogens (tertiary/aromatic N) is 1. The van der Waals surface area contributed by atoms with E-state index in [-0.39, 0.29) is 11.0 Å². The molecule has 0 saturated heterocycles. The molecule has 0 bridgehead atoms. The Hall–Kier alpha value is -3.32. The lowest BCUT2D eigenvalue weighted by Gasteiger charge is -2.43. The Morgan fingerprint density at radius 1 is 0.588 bits per heavy atom. The van der Waals surface area contributed by atoms with Crippen LogP contribution in [-0.4, -0.2) is 5.54 Å². The van der Waals surface area contributed by atoms with Crippen LogP contribution in [0.15, 0.2) is 84.9 Å². The van der Waals surface area contributed by atoms with Crippen LogP contribution in [0, 0.1) is 13.8 Å². The van der Waals surface area contributed by atoms with Crippen molar-refractivity contribution in [1.82, 2.24) is 0 Å². The summed E-state index contributed by atoms with van der Waals surface area (Å²) in [6, 6.07) is 31.1. The van der Waals surface area contributed by atoms with Crippen LogP contribution in [0.2, 0.25) is 0 Å². The van der Waals surface area contributed by atoms with Gasteiger partial charge in [-0.3, -0.25) is 0 Å². The zero-order valence-corrected chi connectivity index (χ0v) is 21.5. The highest BCUT2D eigenvalue weighted by molar-refractivity contribution is 5.93. The van der Waals surface area contributed by atoms with E-state index in [0.717, 1.165) is 0 Å². The van der Waals surface area contributed by atoms with Crippen molar-refractivity contribution in [3.63, 3.8) is 0 Å². The Morgan fingerprint density at radius 3 is 1.91 bits per heavy atom. The first-order chi connectivity index (χ1) is 16.1. The zero-order valence-electron chi connectivity index (χ0n) is 21.5. The molecule has 4 aromatic rings. The molecule has 0 aromatic heterocycles. The van der Waals surface area contributed by atoms with Gasteiger partial charge in [0.05, 0.1) is 5.69 Å². The third-order valence-corrected chi connectivity index (χ3v) is 7.34. The maximum atomic E-state index is 2.62. The normalized spacial score (nSPS) is 14.0. The lowest BCUT2D eigenvalue weighted by Crippen LogP contribution is -2.40. The molecule has 1 aliphatic rings. The molecule has 0 saturated carbocycles. The maximum Gasteiger partial charge on any atom is 0.0525 e. The maximum absolute atomic E-state index is 2.62. The minimum atomic E-state index is -0.125. The highest BCUT2D eigenvalue weighted by Crippen LogP contribution is 2.55. The number of aryl methyl sites for hydroxylation is 2. The first-order valence-electron chi connectivity index (χ1n) is 12.3. The first-order valence-corrected chi connectivity index (χ1v) is 12.3. The Balaban J connectivity index is 1.87. The number of para-hydroxylation sites is 1. The van der Waals surface area contributed by atoms with Gasteiger partial charge < -0.3 is 4.90 Å². The van der Waals surface area contributed by atoms with Crippen LogP contribution in [0.25, 0.3) is 22.3 Å². The van der Waals surface area contributed by atoms with E-state index in [1.807, 2.05) is 0 Å². The van der Waals surface area contributed by atoms with E-state index in [9.17, 15) is 0 Å². The van der Waals surface area contributed by atoms with Crippen LogP contribution in [-0.2, 0) is 5.41 Å². The molecular formula is C33H35N. The van der Waals surface area contributed by atoms with Gasteiger partial charge in [-0.2, -0.15) is 0 Å². The van der Waals surface area contributed by atoms with Crippen molar-refractivity contribution in [2.24, 2.45) is 0 Å². The fraction of sp³-hybridized carbons (Fsp3) is 0.273. The average Bonchev–Trinajstić information content (AvgIpc) is 3.03. The second-order valence-electron chi connectivity index (χ2n) is 11.2. The molecule has 0 amide bonds. The minimum absolute atomic E-state index is 0.0770. The topological polar surface area (TPSA) is 3.24 Å². The van der Waals surface area contributed by atoms with E-state index < -0.39 is 0 Å². The standard InChI is InChI=1S/C33H35N/c1-22-14-13-18-25(24-15-9-8-10-16-24)30(22)34(32(3,4)5)31-23(2)20-21-27-26-17-11-12-19-28(26)33(6,7)29(27)31/h8-21H,1-7H3. The van der Waals surface area contributed by atoms with Gasteiger partial charge >= 0.3 is 0 Å². The highest BCUT2D eigenvalue weighted by atomic mass is 15.2. The molecule has 1 heteroatoms. The van der Waals surface area contributed by atoms with Crippen molar-refractivity contribution in [3.8, 4) is 22.3 Å². The molecule has 172 valence electrons. The third-order valence-electron chi connectivity index (χ3n) is 7.34. The molecular weight excluding hydrogens is 410 g/mol. The fourth-order valence-corrected chi connectivity index (χ4v) is 5.83. The van der Waals surface area contributed by atoms with Gasteiger partial charge in [0, 0.05) is 22.2 Å². The summed E-state index contributed by atoms with van der Waals surface area (Å²) >= 11 is 0. The summed E-state index contributed by atoms with van der Waals surface area (Å²) in [4.78, 5) is 2.62. The molecule has 34 heavy (non-hydrogen) atoms. The van der Waals surface area contributed by atoms with E-state index in [1.165, 1.54) is 55.9 Å². The Labute approximate surface area is 205 Å². The number of anilines is 2. The number of hydrogen-bond acceptors (Lipinski definition) is 1.